The summed E-state index contributed by atoms with van der Waals surface area (Å²) in [5, 5.41) is 19.6. The van der Waals surface area contributed by atoms with Crippen molar-refractivity contribution in [3.05, 3.63) is 27.9 Å². The standard InChI is InChI=1S/C12H19N3O4/c1-9(2)14(7-4-8-16)12(17)10-5-6-11(13(10)3)15(18)19/h5-6,9,16H,4,7-8H2,1-3H3. The Morgan fingerprint density at radius 3 is 2.58 bits per heavy atom. The highest BCUT2D eigenvalue weighted by molar-refractivity contribution is 5.93. The third-order valence-corrected chi connectivity index (χ3v) is 2.94. The summed E-state index contributed by atoms with van der Waals surface area (Å²) in [6.45, 7) is 4.16. The van der Waals surface area contributed by atoms with Gasteiger partial charge in [0.05, 0.1) is 7.05 Å². The van der Waals surface area contributed by atoms with Gasteiger partial charge in [-0.2, -0.15) is 0 Å². The van der Waals surface area contributed by atoms with E-state index in [9.17, 15) is 14.9 Å². The SMILES string of the molecule is CC(C)N(CCCO)C(=O)c1ccc([N+](=O)[O-])n1C. The third kappa shape index (κ3) is 3.31. The molecule has 0 aliphatic rings. The van der Waals surface area contributed by atoms with Crippen molar-refractivity contribution in [1.82, 2.24) is 9.47 Å². The molecule has 1 rings (SSSR count). The van der Waals surface area contributed by atoms with Crippen molar-refractivity contribution in [2.75, 3.05) is 13.2 Å². The largest absolute Gasteiger partial charge is 0.396 e. The number of aliphatic hydroxyl groups is 1. The van der Waals surface area contributed by atoms with Crippen molar-refractivity contribution in [1.29, 1.82) is 0 Å². The number of amides is 1. The molecule has 0 atom stereocenters. The van der Waals surface area contributed by atoms with Crippen LogP contribution in [0.1, 0.15) is 30.8 Å². The van der Waals surface area contributed by atoms with Crippen LogP contribution in [0.4, 0.5) is 5.82 Å². The fraction of sp³-hybridized carbons (Fsp3) is 0.583. The zero-order valence-electron chi connectivity index (χ0n) is 11.4. The second-order valence-corrected chi connectivity index (χ2v) is 4.56. The lowest BCUT2D eigenvalue weighted by atomic mass is 10.2. The number of hydrogen-bond donors (Lipinski definition) is 1. The summed E-state index contributed by atoms with van der Waals surface area (Å²) in [6.07, 6.45) is 0.483. The molecule has 0 aromatic carbocycles. The van der Waals surface area contributed by atoms with E-state index >= 15 is 0 Å². The quantitative estimate of drug-likeness (QED) is 0.620. The van der Waals surface area contributed by atoms with Gasteiger partial charge < -0.3 is 20.1 Å². The molecule has 0 spiro atoms. The van der Waals surface area contributed by atoms with Gasteiger partial charge in [0.1, 0.15) is 0 Å². The third-order valence-electron chi connectivity index (χ3n) is 2.94. The van der Waals surface area contributed by atoms with E-state index in [1.807, 2.05) is 13.8 Å². The monoisotopic (exact) mass is 269 g/mol. The Morgan fingerprint density at radius 2 is 2.16 bits per heavy atom. The molecule has 0 unspecified atom stereocenters. The summed E-state index contributed by atoms with van der Waals surface area (Å²) in [4.78, 5) is 24.2. The highest BCUT2D eigenvalue weighted by Gasteiger charge is 2.26. The average Bonchev–Trinajstić information content (AvgIpc) is 2.71. The van der Waals surface area contributed by atoms with Crippen LogP contribution in [0.5, 0.6) is 0 Å². The van der Waals surface area contributed by atoms with Crippen molar-refractivity contribution >= 4 is 11.7 Å². The minimum absolute atomic E-state index is 0.00375. The molecule has 0 aliphatic carbocycles. The molecule has 1 N–H and O–H groups in total. The smallest absolute Gasteiger partial charge is 0.323 e. The Bertz CT molecular complexity index is 468. The van der Waals surface area contributed by atoms with Gasteiger partial charge in [0.15, 0.2) is 5.69 Å². The first kappa shape index (κ1) is 15.2. The average molecular weight is 269 g/mol. The van der Waals surface area contributed by atoms with E-state index in [0.717, 1.165) is 0 Å². The van der Waals surface area contributed by atoms with Gasteiger partial charge in [-0.1, -0.05) is 0 Å². The van der Waals surface area contributed by atoms with Crippen LogP contribution in [0.15, 0.2) is 12.1 Å². The maximum atomic E-state index is 12.3. The Kier molecular flexibility index (Phi) is 5.05. The lowest BCUT2D eigenvalue weighted by Crippen LogP contribution is -2.38. The van der Waals surface area contributed by atoms with Crippen LogP contribution in [0, 0.1) is 10.1 Å². The number of nitro groups is 1. The van der Waals surface area contributed by atoms with Crippen LogP contribution in [0.25, 0.3) is 0 Å². The summed E-state index contributed by atoms with van der Waals surface area (Å²) in [5.41, 5.74) is 0.276. The van der Waals surface area contributed by atoms with Crippen molar-refractivity contribution in [3.8, 4) is 0 Å². The zero-order chi connectivity index (χ0) is 14.6. The molecule has 1 heterocycles. The van der Waals surface area contributed by atoms with Crippen molar-refractivity contribution in [2.24, 2.45) is 7.05 Å². The van der Waals surface area contributed by atoms with Gasteiger partial charge in [0.25, 0.3) is 5.91 Å². The van der Waals surface area contributed by atoms with Gasteiger partial charge in [-0.15, -0.1) is 0 Å². The molecule has 1 aromatic rings. The topological polar surface area (TPSA) is 88.6 Å². The lowest BCUT2D eigenvalue weighted by molar-refractivity contribution is -0.391. The first-order chi connectivity index (χ1) is 8.90. The minimum Gasteiger partial charge on any atom is -0.396 e. The highest BCUT2D eigenvalue weighted by Crippen LogP contribution is 2.17. The predicted molar refractivity (Wildman–Crippen MR) is 69.9 cm³/mol. The van der Waals surface area contributed by atoms with E-state index in [4.69, 9.17) is 5.11 Å². The van der Waals surface area contributed by atoms with E-state index in [-0.39, 0.29) is 30.1 Å². The summed E-state index contributed by atoms with van der Waals surface area (Å²) in [5.74, 6) is -0.381. The molecule has 106 valence electrons. The number of nitrogens with zero attached hydrogens (tertiary/aromatic N) is 3. The fourth-order valence-electron chi connectivity index (χ4n) is 1.88. The van der Waals surface area contributed by atoms with Crippen LogP contribution >= 0.6 is 0 Å². The molecule has 1 aromatic heterocycles. The number of carbonyl (C=O) groups is 1. The Labute approximate surface area is 111 Å². The molecule has 7 nitrogen and oxygen atoms in total. The molecule has 7 heteroatoms. The summed E-state index contributed by atoms with van der Waals surface area (Å²) in [6, 6.07) is 2.74. The van der Waals surface area contributed by atoms with E-state index < -0.39 is 4.92 Å². The molecule has 0 bridgehead atoms. The lowest BCUT2D eigenvalue weighted by Gasteiger charge is -2.25. The summed E-state index contributed by atoms with van der Waals surface area (Å²) < 4.78 is 1.27. The molecule has 0 radical (unpaired) electrons. The molecule has 0 aliphatic heterocycles. The van der Waals surface area contributed by atoms with Gasteiger partial charge in [0.2, 0.25) is 0 Å². The van der Waals surface area contributed by atoms with Crippen LogP contribution in [-0.4, -0.2) is 44.6 Å². The normalized spacial score (nSPS) is 10.8. The zero-order valence-corrected chi connectivity index (χ0v) is 11.4. The Hall–Kier alpha value is -1.89. The number of carbonyl (C=O) groups excluding carboxylic acids is 1. The van der Waals surface area contributed by atoms with Crippen LogP contribution < -0.4 is 0 Å². The predicted octanol–water partition coefficient (Wildman–Crippen LogP) is 1.17. The van der Waals surface area contributed by atoms with Gasteiger partial charge >= 0.3 is 5.82 Å². The van der Waals surface area contributed by atoms with E-state index in [0.29, 0.717) is 13.0 Å². The van der Waals surface area contributed by atoms with Gasteiger partial charge in [0, 0.05) is 25.3 Å². The van der Waals surface area contributed by atoms with Crippen molar-refractivity contribution < 1.29 is 14.8 Å². The number of rotatable bonds is 6. The second-order valence-electron chi connectivity index (χ2n) is 4.56. The first-order valence-corrected chi connectivity index (χ1v) is 6.12. The van der Waals surface area contributed by atoms with E-state index in [2.05, 4.69) is 0 Å². The summed E-state index contributed by atoms with van der Waals surface area (Å²) >= 11 is 0. The van der Waals surface area contributed by atoms with Crippen molar-refractivity contribution in [3.63, 3.8) is 0 Å². The number of aromatic nitrogens is 1. The molecular formula is C12H19N3O4. The molecule has 0 saturated heterocycles. The van der Waals surface area contributed by atoms with E-state index in [1.54, 1.807) is 4.90 Å². The minimum atomic E-state index is -0.524. The maximum Gasteiger partial charge on any atom is 0.323 e. The van der Waals surface area contributed by atoms with Gasteiger partial charge in [-0.3, -0.25) is 4.79 Å². The number of hydrogen-bond acceptors (Lipinski definition) is 4. The molecule has 0 fully saturated rings. The first-order valence-electron chi connectivity index (χ1n) is 6.12. The van der Waals surface area contributed by atoms with Crippen LogP contribution in [0.2, 0.25) is 0 Å². The maximum absolute atomic E-state index is 12.3. The van der Waals surface area contributed by atoms with Crippen LogP contribution in [-0.2, 0) is 7.05 Å². The van der Waals surface area contributed by atoms with Gasteiger partial charge in [-0.05, 0) is 31.3 Å². The Morgan fingerprint density at radius 1 is 1.53 bits per heavy atom. The number of aliphatic hydroxyl groups excluding tert-OH is 1. The second kappa shape index (κ2) is 6.33. The van der Waals surface area contributed by atoms with Crippen molar-refractivity contribution in [2.45, 2.75) is 26.3 Å². The molecule has 1 amide bonds. The van der Waals surface area contributed by atoms with Gasteiger partial charge in [-0.25, -0.2) is 4.57 Å². The molecule has 0 saturated carbocycles. The highest BCUT2D eigenvalue weighted by atomic mass is 16.6. The van der Waals surface area contributed by atoms with Crippen LogP contribution in [0.3, 0.4) is 0 Å². The molecular weight excluding hydrogens is 250 g/mol. The Balaban J connectivity index is 3.00. The van der Waals surface area contributed by atoms with E-state index in [1.165, 1.54) is 23.7 Å². The summed E-state index contributed by atoms with van der Waals surface area (Å²) in [7, 11) is 1.50. The fourth-order valence-corrected chi connectivity index (χ4v) is 1.88. The molecule has 19 heavy (non-hydrogen) atoms.